The van der Waals surface area contributed by atoms with Crippen LogP contribution in [0.25, 0.3) is 11.1 Å². The summed E-state index contributed by atoms with van der Waals surface area (Å²) in [5, 5.41) is 5.92. The Labute approximate surface area is 231 Å². The highest BCUT2D eigenvalue weighted by Crippen LogP contribution is 2.38. The molecule has 1 aliphatic heterocycles. The van der Waals surface area contributed by atoms with Gasteiger partial charge in [0, 0.05) is 18.1 Å². The van der Waals surface area contributed by atoms with Gasteiger partial charge in [-0.3, -0.25) is 14.6 Å². The second-order valence-electron chi connectivity index (χ2n) is 11.0. The molecule has 0 radical (unpaired) electrons. The van der Waals surface area contributed by atoms with Gasteiger partial charge >= 0.3 is 7.12 Å². The van der Waals surface area contributed by atoms with E-state index in [0.717, 1.165) is 36.7 Å². The highest BCUT2D eigenvalue weighted by molar-refractivity contribution is 6.45. The van der Waals surface area contributed by atoms with Crippen molar-refractivity contribution < 1.29 is 18.9 Å². The number of pyridine rings is 1. The summed E-state index contributed by atoms with van der Waals surface area (Å²) in [6.45, 7) is 8.21. The lowest BCUT2D eigenvalue weighted by atomic mass is 9.82. The molecule has 1 saturated heterocycles. The fraction of sp³-hybridized carbons (Fsp3) is 0.387. The van der Waals surface area contributed by atoms with Gasteiger partial charge in [-0.05, 0) is 75.8 Å². The molecule has 1 aliphatic rings. The molecule has 1 fully saturated rings. The molecule has 1 unspecified atom stereocenters. The summed E-state index contributed by atoms with van der Waals surface area (Å²) in [7, 11) is -0.226. The Morgan fingerprint density at radius 1 is 0.872 bits per heavy atom. The maximum absolute atomic E-state index is 13.4. The van der Waals surface area contributed by atoms with E-state index in [1.165, 1.54) is 6.20 Å². The average molecular weight is 527 g/mol. The number of nitrogens with one attached hydrogen (secondary N) is 2. The second kappa shape index (κ2) is 12.6. The van der Waals surface area contributed by atoms with Crippen LogP contribution >= 0.6 is 0 Å². The van der Waals surface area contributed by atoms with Crippen LogP contribution in [0.15, 0.2) is 79.1 Å². The van der Waals surface area contributed by atoms with Crippen molar-refractivity contribution in [3.63, 3.8) is 0 Å². The number of unbranched alkanes of at least 4 members (excludes halogenated alkanes) is 2. The molecular formula is C31H38BN3O4. The van der Waals surface area contributed by atoms with Crippen LogP contribution in [-0.2, 0) is 14.1 Å². The Hall–Kier alpha value is -3.49. The molecule has 4 rings (SSSR count). The van der Waals surface area contributed by atoms with Crippen LogP contribution in [0, 0.1) is 0 Å². The van der Waals surface area contributed by atoms with Crippen molar-refractivity contribution in [3.8, 4) is 11.1 Å². The SMILES string of the molecule is CC1(C)OB(CCCCCC(NC(=O)c2cccnc2)C(=O)Nc2cccc(-c3ccccc3)c2)OC1(C)C. The van der Waals surface area contributed by atoms with Crippen molar-refractivity contribution in [2.24, 2.45) is 0 Å². The van der Waals surface area contributed by atoms with Gasteiger partial charge in [-0.15, -0.1) is 0 Å². The third kappa shape index (κ3) is 7.55. The Balaban J connectivity index is 1.36. The summed E-state index contributed by atoms with van der Waals surface area (Å²) in [6, 6.07) is 20.4. The van der Waals surface area contributed by atoms with Crippen molar-refractivity contribution >= 4 is 24.6 Å². The minimum atomic E-state index is -0.685. The number of nitrogens with zero attached hydrogens (tertiary/aromatic N) is 1. The zero-order valence-electron chi connectivity index (χ0n) is 23.3. The number of carbonyl (C=O) groups is 2. The highest BCUT2D eigenvalue weighted by atomic mass is 16.7. The minimum absolute atomic E-state index is 0.226. The molecular weight excluding hydrogens is 489 g/mol. The largest absolute Gasteiger partial charge is 0.457 e. The predicted octanol–water partition coefficient (Wildman–Crippen LogP) is 6.14. The van der Waals surface area contributed by atoms with E-state index in [4.69, 9.17) is 9.31 Å². The Morgan fingerprint density at radius 2 is 1.59 bits per heavy atom. The number of benzene rings is 2. The number of anilines is 1. The smallest absolute Gasteiger partial charge is 0.403 e. The Bertz CT molecular complexity index is 1230. The maximum Gasteiger partial charge on any atom is 0.457 e. The number of rotatable bonds is 11. The molecule has 2 N–H and O–H groups in total. The van der Waals surface area contributed by atoms with Crippen LogP contribution in [0.3, 0.4) is 0 Å². The first-order valence-corrected chi connectivity index (χ1v) is 13.7. The molecule has 2 aromatic carbocycles. The fourth-order valence-electron chi connectivity index (χ4n) is 4.56. The maximum atomic E-state index is 13.4. The lowest BCUT2D eigenvalue weighted by Crippen LogP contribution is -2.43. The molecule has 0 saturated carbocycles. The van der Waals surface area contributed by atoms with Crippen molar-refractivity contribution in [2.75, 3.05) is 5.32 Å². The molecule has 2 amide bonds. The normalized spacial score (nSPS) is 16.5. The molecule has 1 aromatic heterocycles. The summed E-state index contributed by atoms with van der Waals surface area (Å²) in [4.78, 5) is 30.3. The number of aromatic nitrogens is 1. The van der Waals surface area contributed by atoms with Crippen molar-refractivity contribution in [1.82, 2.24) is 10.3 Å². The molecule has 1 atom stereocenters. The van der Waals surface area contributed by atoms with Crippen LogP contribution < -0.4 is 10.6 Å². The van der Waals surface area contributed by atoms with Crippen LogP contribution in [-0.4, -0.2) is 41.2 Å². The summed E-state index contributed by atoms with van der Waals surface area (Å²) in [5.74, 6) is -0.568. The van der Waals surface area contributed by atoms with Gasteiger partial charge in [-0.2, -0.15) is 0 Å². The predicted molar refractivity (Wildman–Crippen MR) is 155 cm³/mol. The van der Waals surface area contributed by atoms with E-state index in [1.807, 2.05) is 54.6 Å². The van der Waals surface area contributed by atoms with Gasteiger partial charge in [0.2, 0.25) is 5.91 Å². The van der Waals surface area contributed by atoms with Crippen molar-refractivity contribution in [3.05, 3.63) is 84.7 Å². The van der Waals surface area contributed by atoms with Crippen LogP contribution in [0.2, 0.25) is 6.32 Å². The fourth-order valence-corrected chi connectivity index (χ4v) is 4.56. The van der Waals surface area contributed by atoms with E-state index < -0.39 is 6.04 Å². The van der Waals surface area contributed by atoms with Crippen molar-refractivity contribution in [2.45, 2.75) is 76.9 Å². The zero-order valence-corrected chi connectivity index (χ0v) is 23.3. The van der Waals surface area contributed by atoms with E-state index >= 15 is 0 Å². The summed E-state index contributed by atoms with van der Waals surface area (Å²) < 4.78 is 12.2. The Kier molecular flexibility index (Phi) is 9.20. The van der Waals surface area contributed by atoms with Crippen LogP contribution in [0.5, 0.6) is 0 Å². The van der Waals surface area contributed by atoms with Gasteiger partial charge in [0.05, 0.1) is 16.8 Å². The topological polar surface area (TPSA) is 89.5 Å². The monoisotopic (exact) mass is 527 g/mol. The van der Waals surface area contributed by atoms with Gasteiger partial charge in [0.15, 0.2) is 0 Å². The van der Waals surface area contributed by atoms with E-state index in [9.17, 15) is 9.59 Å². The summed E-state index contributed by atoms with van der Waals surface area (Å²) >= 11 is 0. The van der Waals surface area contributed by atoms with Crippen molar-refractivity contribution in [1.29, 1.82) is 0 Å². The molecule has 7 nitrogen and oxygen atoms in total. The minimum Gasteiger partial charge on any atom is -0.403 e. The lowest BCUT2D eigenvalue weighted by molar-refractivity contribution is -0.118. The number of hydrogen-bond acceptors (Lipinski definition) is 5. The van der Waals surface area contributed by atoms with Crippen LogP contribution in [0.1, 0.15) is 63.7 Å². The third-order valence-corrected chi connectivity index (χ3v) is 7.52. The summed E-state index contributed by atoms with van der Waals surface area (Å²) in [5.41, 5.74) is 2.50. The lowest BCUT2D eigenvalue weighted by Gasteiger charge is -2.32. The number of amides is 2. The van der Waals surface area contributed by atoms with Gasteiger partial charge in [-0.1, -0.05) is 61.7 Å². The first-order valence-electron chi connectivity index (χ1n) is 13.7. The van der Waals surface area contributed by atoms with E-state index in [1.54, 1.807) is 18.3 Å². The third-order valence-electron chi connectivity index (χ3n) is 7.52. The van der Waals surface area contributed by atoms with Gasteiger partial charge in [-0.25, -0.2) is 0 Å². The molecule has 39 heavy (non-hydrogen) atoms. The molecule has 3 aromatic rings. The summed E-state index contributed by atoms with van der Waals surface area (Å²) in [6.07, 6.45) is 6.98. The highest BCUT2D eigenvalue weighted by Gasteiger charge is 2.50. The molecule has 0 bridgehead atoms. The first kappa shape index (κ1) is 28.5. The van der Waals surface area contributed by atoms with E-state index in [0.29, 0.717) is 17.7 Å². The van der Waals surface area contributed by atoms with Gasteiger partial charge in [0.25, 0.3) is 5.91 Å². The standard InChI is InChI=1S/C31H38BN3O4/c1-30(2)31(3,4)39-32(38-30)19-10-6-9-18-27(35-28(36)25-16-12-20-33-22-25)29(37)34-26-17-11-15-24(21-26)23-13-7-5-8-14-23/h5,7-8,11-17,20-22,27H,6,9-10,18-19H2,1-4H3,(H,34,37)(H,35,36). The van der Waals surface area contributed by atoms with Crippen LogP contribution in [0.4, 0.5) is 5.69 Å². The average Bonchev–Trinajstić information content (AvgIpc) is 3.14. The second-order valence-corrected chi connectivity index (χ2v) is 11.0. The van der Waals surface area contributed by atoms with E-state index in [2.05, 4.69) is 43.3 Å². The molecule has 2 heterocycles. The Morgan fingerprint density at radius 3 is 2.28 bits per heavy atom. The molecule has 0 spiro atoms. The zero-order chi connectivity index (χ0) is 27.9. The number of carbonyl (C=O) groups excluding carboxylic acids is 2. The molecule has 204 valence electrons. The van der Waals surface area contributed by atoms with Gasteiger partial charge in [0.1, 0.15) is 6.04 Å². The van der Waals surface area contributed by atoms with E-state index in [-0.39, 0.29) is 30.1 Å². The number of hydrogen-bond donors (Lipinski definition) is 2. The molecule has 8 heteroatoms. The first-order chi connectivity index (χ1) is 18.6. The molecule has 0 aliphatic carbocycles. The quantitative estimate of drug-likeness (QED) is 0.231. The van der Waals surface area contributed by atoms with Gasteiger partial charge < -0.3 is 19.9 Å².